The monoisotopic (exact) mass is 617 g/mol. The van der Waals surface area contributed by atoms with Crippen molar-refractivity contribution < 1.29 is 0 Å². The van der Waals surface area contributed by atoms with Crippen LogP contribution in [0, 0.1) is 0 Å². The summed E-state index contributed by atoms with van der Waals surface area (Å²) in [5.74, 6) is 0. The Hall–Kier alpha value is -5.40. The number of rotatable bonds is 5. The van der Waals surface area contributed by atoms with E-state index in [-0.39, 0.29) is 5.41 Å². The number of hydrogen-bond acceptors (Lipinski definition) is 1. The lowest BCUT2D eigenvalue weighted by atomic mass is 9.82. The van der Waals surface area contributed by atoms with Crippen molar-refractivity contribution in [3.63, 3.8) is 0 Å². The van der Waals surface area contributed by atoms with Gasteiger partial charge in [0.05, 0.1) is 5.69 Å². The second-order valence-corrected chi connectivity index (χ2v) is 14.1. The van der Waals surface area contributed by atoms with Gasteiger partial charge in [0.1, 0.15) is 0 Å². The molecule has 0 spiro atoms. The van der Waals surface area contributed by atoms with Crippen molar-refractivity contribution >= 4 is 27.8 Å². The van der Waals surface area contributed by atoms with Crippen molar-refractivity contribution in [2.24, 2.45) is 0 Å². The molecule has 0 saturated carbocycles. The fraction of sp³-hybridized carbons (Fsp3) is 0.149. The molecular formula is C47H39N. The molecule has 232 valence electrons. The molecule has 7 aromatic carbocycles. The highest BCUT2D eigenvalue weighted by Gasteiger charge is 2.36. The molecule has 0 aromatic heterocycles. The van der Waals surface area contributed by atoms with Gasteiger partial charge in [0, 0.05) is 22.4 Å². The number of aryl methyl sites for hydroxylation is 2. The molecule has 0 aliphatic heterocycles. The van der Waals surface area contributed by atoms with E-state index >= 15 is 0 Å². The Bertz CT molecular complexity index is 2310. The van der Waals surface area contributed by atoms with Crippen molar-refractivity contribution in [2.45, 2.75) is 44.9 Å². The topological polar surface area (TPSA) is 3.24 Å². The molecule has 0 bridgehead atoms. The van der Waals surface area contributed by atoms with Crippen LogP contribution in [0.1, 0.15) is 48.9 Å². The summed E-state index contributed by atoms with van der Waals surface area (Å²) < 4.78 is 0. The molecule has 0 N–H and O–H groups in total. The second kappa shape index (κ2) is 11.4. The van der Waals surface area contributed by atoms with Crippen molar-refractivity contribution in [3.05, 3.63) is 174 Å². The SMILES string of the molecule is CC1(C)c2ccccc2-c2ccc(N(c3ccc(-c4ccc5c(c4)CCCC5)cc3)c3cc4ccccc4cc3-c3ccccc3)cc21. The molecule has 0 unspecified atom stereocenters. The Labute approximate surface area is 284 Å². The smallest absolute Gasteiger partial charge is 0.0546 e. The number of anilines is 3. The van der Waals surface area contributed by atoms with Crippen LogP contribution in [0.4, 0.5) is 17.1 Å². The predicted octanol–water partition coefficient (Wildman–Crippen LogP) is 12.8. The van der Waals surface area contributed by atoms with Gasteiger partial charge in [-0.25, -0.2) is 0 Å². The molecule has 0 fully saturated rings. The Morgan fingerprint density at radius 1 is 0.438 bits per heavy atom. The van der Waals surface area contributed by atoms with E-state index in [1.165, 1.54) is 103 Å². The van der Waals surface area contributed by atoms with E-state index in [0.717, 1.165) is 5.69 Å². The summed E-state index contributed by atoms with van der Waals surface area (Å²) in [6.45, 7) is 4.73. The van der Waals surface area contributed by atoms with Crippen LogP contribution in [0.15, 0.2) is 152 Å². The maximum Gasteiger partial charge on any atom is 0.0546 e. The summed E-state index contributed by atoms with van der Waals surface area (Å²) in [5.41, 5.74) is 16.9. The Morgan fingerprint density at radius 3 is 1.90 bits per heavy atom. The fourth-order valence-electron chi connectivity index (χ4n) is 8.24. The molecule has 2 aliphatic carbocycles. The first-order valence-electron chi connectivity index (χ1n) is 17.4. The van der Waals surface area contributed by atoms with Gasteiger partial charge in [0.2, 0.25) is 0 Å². The fourth-order valence-corrected chi connectivity index (χ4v) is 8.24. The second-order valence-electron chi connectivity index (χ2n) is 14.1. The number of benzene rings is 7. The summed E-state index contributed by atoms with van der Waals surface area (Å²) in [4.78, 5) is 2.48. The van der Waals surface area contributed by atoms with E-state index in [0.29, 0.717) is 0 Å². The van der Waals surface area contributed by atoms with Gasteiger partial charge >= 0.3 is 0 Å². The minimum atomic E-state index is -0.0877. The summed E-state index contributed by atoms with van der Waals surface area (Å²) in [5, 5.41) is 2.48. The Balaban J connectivity index is 1.24. The van der Waals surface area contributed by atoms with E-state index in [1.807, 2.05) is 0 Å². The molecule has 0 saturated heterocycles. The van der Waals surface area contributed by atoms with Crippen LogP contribution in [0.25, 0.3) is 44.2 Å². The maximum absolute atomic E-state index is 2.48. The molecule has 1 heteroatoms. The average Bonchev–Trinajstić information content (AvgIpc) is 3.37. The molecule has 7 aromatic rings. The highest BCUT2D eigenvalue weighted by molar-refractivity contribution is 5.99. The van der Waals surface area contributed by atoms with E-state index in [9.17, 15) is 0 Å². The lowest BCUT2D eigenvalue weighted by Crippen LogP contribution is -2.17. The zero-order valence-corrected chi connectivity index (χ0v) is 27.7. The van der Waals surface area contributed by atoms with Crippen molar-refractivity contribution in [1.29, 1.82) is 0 Å². The molecule has 0 heterocycles. The third-order valence-corrected chi connectivity index (χ3v) is 10.8. The molecular weight excluding hydrogens is 579 g/mol. The summed E-state index contributed by atoms with van der Waals surface area (Å²) in [6.07, 6.45) is 5.00. The van der Waals surface area contributed by atoms with Gasteiger partial charge in [0.15, 0.2) is 0 Å². The van der Waals surface area contributed by atoms with E-state index in [4.69, 9.17) is 0 Å². The number of hydrogen-bond donors (Lipinski definition) is 0. The molecule has 1 nitrogen and oxygen atoms in total. The first kappa shape index (κ1) is 28.8. The van der Waals surface area contributed by atoms with E-state index < -0.39 is 0 Å². The number of nitrogens with zero attached hydrogens (tertiary/aromatic N) is 1. The van der Waals surface area contributed by atoms with Crippen molar-refractivity contribution in [2.75, 3.05) is 4.90 Å². The highest BCUT2D eigenvalue weighted by atomic mass is 15.1. The van der Waals surface area contributed by atoms with E-state index in [1.54, 1.807) is 0 Å². The third kappa shape index (κ3) is 4.76. The zero-order valence-electron chi connectivity index (χ0n) is 27.7. The van der Waals surface area contributed by atoms with Gasteiger partial charge in [-0.05, 0) is 123 Å². The van der Waals surface area contributed by atoms with Crippen molar-refractivity contribution in [1.82, 2.24) is 0 Å². The summed E-state index contributed by atoms with van der Waals surface area (Å²) >= 11 is 0. The molecule has 0 amide bonds. The predicted molar refractivity (Wildman–Crippen MR) is 204 cm³/mol. The summed E-state index contributed by atoms with van der Waals surface area (Å²) in [7, 11) is 0. The Morgan fingerprint density at radius 2 is 1.08 bits per heavy atom. The molecule has 0 atom stereocenters. The quantitative estimate of drug-likeness (QED) is 0.186. The standard InChI is InChI=1S/C47H39N/c1-47(2)44-19-11-10-18-41(44)42-27-26-40(31-45(42)47)48(39-24-22-33(23-25-39)38-21-20-32-12-6-7-15-35(32)28-38)46-30-37-17-9-8-16-36(37)29-43(46)34-13-4-3-5-14-34/h3-5,8-11,13-14,16-31H,6-7,12,15H2,1-2H3. The van der Waals surface area contributed by atoms with Gasteiger partial charge in [-0.3, -0.25) is 0 Å². The van der Waals surface area contributed by atoms with Crippen LogP contribution < -0.4 is 4.90 Å². The zero-order chi connectivity index (χ0) is 32.2. The van der Waals surface area contributed by atoms with Gasteiger partial charge in [-0.2, -0.15) is 0 Å². The van der Waals surface area contributed by atoms with Gasteiger partial charge < -0.3 is 4.90 Å². The molecule has 0 radical (unpaired) electrons. The normalized spacial score (nSPS) is 14.3. The van der Waals surface area contributed by atoms with Crippen LogP contribution >= 0.6 is 0 Å². The number of fused-ring (bicyclic) bond motifs is 5. The first-order valence-corrected chi connectivity index (χ1v) is 17.4. The average molecular weight is 618 g/mol. The Kier molecular flexibility index (Phi) is 6.83. The third-order valence-electron chi connectivity index (χ3n) is 10.8. The van der Waals surface area contributed by atoms with E-state index in [2.05, 4.69) is 170 Å². The van der Waals surface area contributed by atoms with Crippen molar-refractivity contribution in [3.8, 4) is 33.4 Å². The van der Waals surface area contributed by atoms with Crippen LogP contribution in [0.3, 0.4) is 0 Å². The minimum Gasteiger partial charge on any atom is -0.310 e. The maximum atomic E-state index is 2.48. The largest absolute Gasteiger partial charge is 0.310 e. The molecule has 2 aliphatic rings. The minimum absolute atomic E-state index is 0.0877. The van der Waals surface area contributed by atoms with Gasteiger partial charge in [0.25, 0.3) is 0 Å². The van der Waals surface area contributed by atoms with Crippen LogP contribution in [-0.2, 0) is 18.3 Å². The lowest BCUT2D eigenvalue weighted by molar-refractivity contribution is 0.660. The first-order chi connectivity index (χ1) is 23.5. The lowest BCUT2D eigenvalue weighted by Gasteiger charge is -2.30. The highest BCUT2D eigenvalue weighted by Crippen LogP contribution is 2.51. The van der Waals surface area contributed by atoms with Crippen LogP contribution in [0.5, 0.6) is 0 Å². The molecule has 9 rings (SSSR count). The molecule has 48 heavy (non-hydrogen) atoms. The van der Waals surface area contributed by atoms with Gasteiger partial charge in [-0.15, -0.1) is 0 Å². The summed E-state index contributed by atoms with van der Waals surface area (Å²) in [6, 6.07) is 56.6. The van der Waals surface area contributed by atoms with Crippen LogP contribution in [0.2, 0.25) is 0 Å². The van der Waals surface area contributed by atoms with Crippen LogP contribution in [-0.4, -0.2) is 0 Å². The van der Waals surface area contributed by atoms with Gasteiger partial charge in [-0.1, -0.05) is 129 Å².